The Morgan fingerprint density at radius 3 is 2.96 bits per heavy atom. The van der Waals surface area contributed by atoms with E-state index < -0.39 is 6.04 Å². The Hall–Kier alpha value is -2.53. The second-order valence-corrected chi connectivity index (χ2v) is 5.87. The van der Waals surface area contributed by atoms with Gasteiger partial charge in [0, 0.05) is 23.6 Å². The first-order chi connectivity index (χ1) is 11.6. The highest BCUT2D eigenvalue weighted by atomic mass is 35.5. The van der Waals surface area contributed by atoms with Gasteiger partial charge in [0.25, 0.3) is 0 Å². The number of fused-ring (bicyclic) bond motifs is 1. The zero-order valence-electron chi connectivity index (χ0n) is 13.1. The third-order valence-corrected chi connectivity index (χ3v) is 4.08. The maximum atomic E-state index is 12.1. The quantitative estimate of drug-likeness (QED) is 0.727. The molecule has 2 aromatic heterocycles. The van der Waals surface area contributed by atoms with Crippen molar-refractivity contribution in [3.63, 3.8) is 0 Å². The van der Waals surface area contributed by atoms with Gasteiger partial charge in [0.1, 0.15) is 23.1 Å². The summed E-state index contributed by atoms with van der Waals surface area (Å²) in [6, 6.07) is 8.01. The van der Waals surface area contributed by atoms with E-state index in [1.807, 2.05) is 6.92 Å². The van der Waals surface area contributed by atoms with Crippen molar-refractivity contribution in [2.45, 2.75) is 25.8 Å². The lowest BCUT2D eigenvalue weighted by Crippen LogP contribution is -2.28. The van der Waals surface area contributed by atoms with Crippen LogP contribution in [0.15, 0.2) is 47.2 Å². The number of benzene rings is 1. The van der Waals surface area contributed by atoms with E-state index in [1.54, 1.807) is 36.5 Å². The Morgan fingerprint density at radius 2 is 2.25 bits per heavy atom. The average molecular weight is 345 g/mol. The number of nitrogens with one attached hydrogen (secondary N) is 1. The third kappa shape index (κ3) is 3.08. The van der Waals surface area contributed by atoms with Crippen LogP contribution in [-0.2, 0) is 4.79 Å². The number of carbonyl (C=O) groups excluding carboxylic acids is 1. The number of phenols is 1. The van der Waals surface area contributed by atoms with Gasteiger partial charge in [-0.05, 0) is 36.8 Å². The topological polar surface area (TPSA) is 75.4 Å². The molecule has 1 atom stereocenters. The molecule has 0 aliphatic rings. The first-order valence-corrected chi connectivity index (χ1v) is 8.08. The van der Waals surface area contributed by atoms with Crippen LogP contribution in [0.4, 0.5) is 0 Å². The summed E-state index contributed by atoms with van der Waals surface area (Å²) in [6.45, 7) is 1.93. The zero-order valence-corrected chi connectivity index (χ0v) is 13.9. The van der Waals surface area contributed by atoms with Crippen molar-refractivity contribution >= 4 is 28.4 Å². The maximum Gasteiger partial charge on any atom is 0.220 e. The highest BCUT2D eigenvalue weighted by Gasteiger charge is 2.24. The Labute approximate surface area is 144 Å². The van der Waals surface area contributed by atoms with Gasteiger partial charge >= 0.3 is 0 Å². The average Bonchev–Trinajstić information content (AvgIpc) is 3.11. The van der Waals surface area contributed by atoms with Gasteiger partial charge in [0.15, 0.2) is 0 Å². The SMILES string of the molecule is CCCC(=O)N[C@@H](c1ccco1)c1cc(Cl)c2cccnc2c1O. The van der Waals surface area contributed by atoms with Crippen LogP contribution in [0.1, 0.15) is 37.1 Å². The number of hydrogen-bond acceptors (Lipinski definition) is 4. The van der Waals surface area contributed by atoms with Crippen LogP contribution < -0.4 is 5.32 Å². The van der Waals surface area contributed by atoms with Gasteiger partial charge in [-0.3, -0.25) is 9.78 Å². The van der Waals surface area contributed by atoms with Gasteiger partial charge in [-0.1, -0.05) is 18.5 Å². The molecule has 0 bridgehead atoms. The van der Waals surface area contributed by atoms with Crippen molar-refractivity contribution in [1.82, 2.24) is 10.3 Å². The van der Waals surface area contributed by atoms with Gasteiger partial charge in [-0.25, -0.2) is 0 Å². The van der Waals surface area contributed by atoms with Crippen LogP contribution in [0.5, 0.6) is 5.75 Å². The summed E-state index contributed by atoms with van der Waals surface area (Å²) >= 11 is 6.34. The molecule has 1 amide bonds. The number of rotatable bonds is 5. The number of amides is 1. The molecule has 3 rings (SSSR count). The fraction of sp³-hybridized carbons (Fsp3) is 0.222. The standard InChI is InChI=1S/C18H17ClN2O3/c1-2-5-15(22)21-16(14-7-4-9-24-14)12-10-13(19)11-6-3-8-20-17(11)18(12)23/h3-4,6-10,16,23H,2,5H2,1H3,(H,21,22)/t16-/m1/s1. The first kappa shape index (κ1) is 16.3. The van der Waals surface area contributed by atoms with Crippen molar-refractivity contribution in [3.05, 3.63) is 59.1 Å². The summed E-state index contributed by atoms with van der Waals surface area (Å²) in [4.78, 5) is 16.3. The smallest absolute Gasteiger partial charge is 0.220 e. The molecule has 0 spiro atoms. The van der Waals surface area contributed by atoms with Gasteiger partial charge in [0.2, 0.25) is 5.91 Å². The van der Waals surface area contributed by atoms with Crippen LogP contribution in [0.25, 0.3) is 10.9 Å². The van der Waals surface area contributed by atoms with Crippen molar-refractivity contribution in [2.75, 3.05) is 0 Å². The predicted molar refractivity (Wildman–Crippen MR) is 92.0 cm³/mol. The van der Waals surface area contributed by atoms with Crippen molar-refractivity contribution in [1.29, 1.82) is 0 Å². The molecule has 0 unspecified atom stereocenters. The van der Waals surface area contributed by atoms with E-state index in [4.69, 9.17) is 16.0 Å². The zero-order chi connectivity index (χ0) is 17.1. The lowest BCUT2D eigenvalue weighted by molar-refractivity contribution is -0.121. The number of pyridine rings is 1. The Kier molecular flexibility index (Phi) is 4.71. The fourth-order valence-corrected chi connectivity index (χ4v) is 2.91. The number of aromatic hydroxyl groups is 1. The molecule has 2 heterocycles. The molecule has 0 aliphatic carbocycles. The molecule has 0 saturated heterocycles. The molecule has 2 N–H and O–H groups in total. The molecule has 5 nitrogen and oxygen atoms in total. The fourth-order valence-electron chi connectivity index (χ4n) is 2.64. The van der Waals surface area contributed by atoms with E-state index in [1.165, 1.54) is 6.26 Å². The number of furan rings is 1. The molecular formula is C18H17ClN2O3. The molecule has 0 fully saturated rings. The minimum Gasteiger partial charge on any atom is -0.505 e. The Bertz CT molecular complexity index is 862. The summed E-state index contributed by atoms with van der Waals surface area (Å²) in [5.41, 5.74) is 0.840. The van der Waals surface area contributed by atoms with E-state index >= 15 is 0 Å². The number of nitrogens with zero attached hydrogens (tertiary/aromatic N) is 1. The van der Waals surface area contributed by atoms with E-state index in [9.17, 15) is 9.90 Å². The van der Waals surface area contributed by atoms with Gasteiger partial charge in [-0.15, -0.1) is 0 Å². The minimum absolute atomic E-state index is 0.0202. The molecular weight excluding hydrogens is 328 g/mol. The van der Waals surface area contributed by atoms with Crippen molar-refractivity contribution in [2.24, 2.45) is 0 Å². The summed E-state index contributed by atoms with van der Waals surface area (Å²) < 4.78 is 5.45. The molecule has 3 aromatic rings. The maximum absolute atomic E-state index is 12.1. The van der Waals surface area contributed by atoms with Gasteiger partial charge < -0.3 is 14.8 Å². The van der Waals surface area contributed by atoms with E-state index in [0.717, 1.165) is 6.42 Å². The highest BCUT2D eigenvalue weighted by molar-refractivity contribution is 6.35. The van der Waals surface area contributed by atoms with Crippen LogP contribution in [-0.4, -0.2) is 16.0 Å². The number of hydrogen-bond donors (Lipinski definition) is 2. The summed E-state index contributed by atoms with van der Waals surface area (Å²) in [6.07, 6.45) is 4.21. The second-order valence-electron chi connectivity index (χ2n) is 5.46. The van der Waals surface area contributed by atoms with Gasteiger partial charge in [0.05, 0.1) is 11.3 Å². The summed E-state index contributed by atoms with van der Waals surface area (Å²) in [7, 11) is 0. The Balaban J connectivity index is 2.12. The molecule has 6 heteroatoms. The van der Waals surface area contributed by atoms with Crippen molar-refractivity contribution in [3.8, 4) is 5.75 Å². The van der Waals surface area contributed by atoms with Crippen molar-refractivity contribution < 1.29 is 14.3 Å². The van der Waals surface area contributed by atoms with E-state index in [2.05, 4.69) is 10.3 Å². The molecule has 24 heavy (non-hydrogen) atoms. The largest absolute Gasteiger partial charge is 0.505 e. The lowest BCUT2D eigenvalue weighted by atomic mass is 10.0. The van der Waals surface area contributed by atoms with Gasteiger partial charge in [-0.2, -0.15) is 0 Å². The molecule has 0 aliphatic heterocycles. The number of carbonyl (C=O) groups is 1. The first-order valence-electron chi connectivity index (χ1n) is 7.70. The van der Waals surface area contributed by atoms with Crippen LogP contribution in [0, 0.1) is 0 Å². The van der Waals surface area contributed by atoms with Crippen LogP contribution >= 0.6 is 11.6 Å². The molecule has 0 saturated carbocycles. The molecule has 0 radical (unpaired) electrons. The van der Waals surface area contributed by atoms with E-state index in [-0.39, 0.29) is 11.7 Å². The number of aromatic nitrogens is 1. The monoisotopic (exact) mass is 344 g/mol. The predicted octanol–water partition coefficient (Wildman–Crippen LogP) is 4.19. The van der Waals surface area contributed by atoms with E-state index in [0.29, 0.717) is 33.7 Å². The molecule has 124 valence electrons. The number of phenolic OH excluding ortho intramolecular Hbond substituents is 1. The van der Waals surface area contributed by atoms with Crippen LogP contribution in [0.2, 0.25) is 5.02 Å². The second kappa shape index (κ2) is 6.93. The summed E-state index contributed by atoms with van der Waals surface area (Å²) in [5.74, 6) is 0.366. The lowest BCUT2D eigenvalue weighted by Gasteiger charge is -2.19. The number of halogens is 1. The van der Waals surface area contributed by atoms with Crippen LogP contribution in [0.3, 0.4) is 0 Å². The third-order valence-electron chi connectivity index (χ3n) is 3.77. The normalized spacial score (nSPS) is 12.2. The Morgan fingerprint density at radius 1 is 1.42 bits per heavy atom. The molecule has 1 aromatic carbocycles. The highest BCUT2D eigenvalue weighted by Crippen LogP contribution is 2.38. The minimum atomic E-state index is -0.636. The summed E-state index contributed by atoms with van der Waals surface area (Å²) in [5, 5.41) is 14.7.